The van der Waals surface area contributed by atoms with E-state index in [-0.39, 0.29) is 11.9 Å². The van der Waals surface area contributed by atoms with E-state index in [1.807, 2.05) is 30.3 Å². The van der Waals surface area contributed by atoms with Crippen molar-refractivity contribution in [2.24, 2.45) is 0 Å². The molecule has 0 aliphatic heterocycles. The van der Waals surface area contributed by atoms with Crippen molar-refractivity contribution >= 4 is 12.0 Å². The van der Waals surface area contributed by atoms with E-state index in [0.717, 1.165) is 11.1 Å². The van der Waals surface area contributed by atoms with E-state index < -0.39 is 24.1 Å². The van der Waals surface area contributed by atoms with Gasteiger partial charge in [0.15, 0.2) is 0 Å². The van der Waals surface area contributed by atoms with Crippen LogP contribution in [0.15, 0.2) is 54.6 Å². The molecule has 2 aromatic carbocycles. The second kappa shape index (κ2) is 11.9. The predicted molar refractivity (Wildman–Crippen MR) is 112 cm³/mol. The van der Waals surface area contributed by atoms with Crippen molar-refractivity contribution in [1.82, 2.24) is 10.6 Å². The summed E-state index contributed by atoms with van der Waals surface area (Å²) in [7, 11) is 0. The molecule has 2 atom stereocenters. The van der Waals surface area contributed by atoms with Crippen molar-refractivity contribution in [2.45, 2.75) is 52.0 Å². The molecule has 2 aromatic rings. The summed E-state index contributed by atoms with van der Waals surface area (Å²) in [6.45, 7) is 5.77. The number of hydrogen-bond donors (Lipinski definition) is 2. The van der Waals surface area contributed by atoms with E-state index in [4.69, 9.17) is 9.47 Å². The summed E-state index contributed by atoms with van der Waals surface area (Å²) < 4.78 is 24.2. The average molecular weight is 416 g/mol. The third-order valence-corrected chi connectivity index (χ3v) is 4.33. The van der Waals surface area contributed by atoms with E-state index in [9.17, 15) is 14.0 Å². The highest BCUT2D eigenvalue weighted by Gasteiger charge is 2.28. The van der Waals surface area contributed by atoms with Crippen molar-refractivity contribution in [2.75, 3.05) is 6.54 Å². The summed E-state index contributed by atoms with van der Waals surface area (Å²) in [4.78, 5) is 24.8. The summed E-state index contributed by atoms with van der Waals surface area (Å²) in [5.74, 6) is -0.717. The van der Waals surface area contributed by atoms with Crippen LogP contribution in [-0.2, 0) is 27.3 Å². The molecule has 2 rings (SSSR count). The maximum absolute atomic E-state index is 13.3. The molecule has 0 heterocycles. The molecule has 0 unspecified atom stereocenters. The van der Waals surface area contributed by atoms with Gasteiger partial charge >= 0.3 is 6.09 Å². The Morgan fingerprint density at radius 1 is 1.00 bits per heavy atom. The fraction of sp³-hybridized carbons (Fsp3) is 0.391. The molecule has 30 heavy (non-hydrogen) atoms. The number of carbonyl (C=O) groups is 2. The molecule has 0 fully saturated rings. The quantitative estimate of drug-likeness (QED) is 0.621. The Labute approximate surface area is 176 Å². The zero-order chi connectivity index (χ0) is 21.9. The van der Waals surface area contributed by atoms with Crippen LogP contribution in [0.25, 0.3) is 0 Å². The van der Waals surface area contributed by atoms with Crippen molar-refractivity contribution < 1.29 is 23.5 Å². The molecule has 7 heteroatoms. The van der Waals surface area contributed by atoms with Crippen LogP contribution in [0, 0.1) is 5.82 Å². The zero-order valence-corrected chi connectivity index (χ0v) is 17.6. The number of ether oxygens (including phenoxy) is 2. The lowest BCUT2D eigenvalue weighted by Gasteiger charge is -2.25. The maximum Gasteiger partial charge on any atom is 0.408 e. The number of nitrogens with one attached hydrogen (secondary N) is 2. The Morgan fingerprint density at radius 2 is 1.70 bits per heavy atom. The molecule has 0 aromatic heterocycles. The Kier molecular flexibility index (Phi) is 9.28. The summed E-state index contributed by atoms with van der Waals surface area (Å²) in [6, 6.07) is 14.8. The first-order valence-electron chi connectivity index (χ1n) is 10.00. The number of benzene rings is 2. The lowest BCUT2D eigenvalue weighted by atomic mass is 10.1. The molecule has 0 aliphatic rings. The number of amides is 2. The van der Waals surface area contributed by atoms with Crippen molar-refractivity contribution in [3.8, 4) is 0 Å². The number of alkyl carbamates (subject to hydrolysis) is 1. The van der Waals surface area contributed by atoms with Gasteiger partial charge in [0.05, 0.1) is 18.8 Å². The molecule has 0 saturated heterocycles. The summed E-state index contributed by atoms with van der Waals surface area (Å²) in [6.07, 6.45) is -1.14. The second-order valence-corrected chi connectivity index (χ2v) is 7.25. The van der Waals surface area contributed by atoms with Crippen LogP contribution in [-0.4, -0.2) is 36.8 Å². The van der Waals surface area contributed by atoms with Gasteiger partial charge in [0.2, 0.25) is 5.91 Å². The summed E-state index contributed by atoms with van der Waals surface area (Å²) in [5.41, 5.74) is 1.73. The molecular formula is C23H29FN2O4. The third-order valence-electron chi connectivity index (χ3n) is 4.33. The minimum Gasteiger partial charge on any atom is -0.447 e. The van der Waals surface area contributed by atoms with Crippen molar-refractivity contribution in [3.05, 3.63) is 71.5 Å². The van der Waals surface area contributed by atoms with E-state index in [2.05, 4.69) is 10.6 Å². The van der Waals surface area contributed by atoms with Crippen LogP contribution >= 0.6 is 0 Å². The minimum absolute atomic E-state index is 0.297. The van der Waals surface area contributed by atoms with E-state index in [1.54, 1.807) is 32.9 Å². The SMILES string of the molecule is CC(C)OC(=O)N[C@H](C(=O)NCCc1cccc(F)c1)[C@@H](C)OCc1ccccc1. The molecular weight excluding hydrogens is 387 g/mol. The number of carbonyl (C=O) groups excluding carboxylic acids is 2. The van der Waals surface area contributed by atoms with Gasteiger partial charge in [-0.2, -0.15) is 0 Å². The van der Waals surface area contributed by atoms with Gasteiger partial charge in [-0.05, 0) is 50.5 Å². The van der Waals surface area contributed by atoms with Gasteiger partial charge in [0, 0.05) is 6.54 Å². The highest BCUT2D eigenvalue weighted by atomic mass is 19.1. The summed E-state index contributed by atoms with van der Waals surface area (Å²) >= 11 is 0. The van der Waals surface area contributed by atoms with Gasteiger partial charge in [-0.15, -0.1) is 0 Å². The van der Waals surface area contributed by atoms with E-state index in [0.29, 0.717) is 19.6 Å². The van der Waals surface area contributed by atoms with Crippen LogP contribution in [0.2, 0.25) is 0 Å². The maximum atomic E-state index is 13.3. The predicted octanol–water partition coefficient (Wildman–Crippen LogP) is 3.59. The Balaban J connectivity index is 1.95. The molecule has 2 amide bonds. The summed E-state index contributed by atoms with van der Waals surface area (Å²) in [5, 5.41) is 5.36. The highest BCUT2D eigenvalue weighted by molar-refractivity contribution is 5.86. The van der Waals surface area contributed by atoms with Gasteiger partial charge in [0.1, 0.15) is 11.9 Å². The van der Waals surface area contributed by atoms with Gasteiger partial charge in [-0.25, -0.2) is 9.18 Å². The number of halogens is 1. The molecule has 0 aliphatic carbocycles. The number of rotatable bonds is 10. The topological polar surface area (TPSA) is 76.7 Å². The van der Waals surface area contributed by atoms with E-state index >= 15 is 0 Å². The standard InChI is InChI=1S/C23H29FN2O4/c1-16(2)30-23(28)26-21(17(3)29-15-19-8-5-4-6-9-19)22(27)25-13-12-18-10-7-11-20(24)14-18/h4-11,14,16-17,21H,12-13,15H2,1-3H3,(H,25,27)(H,26,28)/t17-,21+/m1/s1. The van der Waals surface area contributed by atoms with Gasteiger partial charge in [-0.1, -0.05) is 42.5 Å². The third kappa shape index (κ3) is 8.21. The van der Waals surface area contributed by atoms with Crippen LogP contribution < -0.4 is 10.6 Å². The fourth-order valence-electron chi connectivity index (χ4n) is 2.80. The largest absolute Gasteiger partial charge is 0.447 e. The molecule has 0 saturated carbocycles. The molecule has 0 radical (unpaired) electrons. The van der Waals surface area contributed by atoms with Gasteiger partial charge in [0.25, 0.3) is 0 Å². The Hall–Kier alpha value is -2.93. The van der Waals surface area contributed by atoms with Gasteiger partial charge in [-0.3, -0.25) is 4.79 Å². The Morgan fingerprint density at radius 3 is 2.37 bits per heavy atom. The normalized spacial score (nSPS) is 12.8. The lowest BCUT2D eigenvalue weighted by molar-refractivity contribution is -0.127. The Bertz CT molecular complexity index is 814. The highest BCUT2D eigenvalue weighted by Crippen LogP contribution is 2.08. The van der Waals surface area contributed by atoms with Crippen LogP contribution in [0.1, 0.15) is 31.9 Å². The molecule has 0 spiro atoms. The minimum atomic E-state index is -0.938. The molecule has 162 valence electrons. The smallest absolute Gasteiger partial charge is 0.408 e. The van der Waals surface area contributed by atoms with Crippen molar-refractivity contribution in [1.29, 1.82) is 0 Å². The first-order chi connectivity index (χ1) is 14.3. The van der Waals surface area contributed by atoms with E-state index in [1.165, 1.54) is 12.1 Å². The molecule has 6 nitrogen and oxygen atoms in total. The first kappa shape index (κ1) is 23.3. The van der Waals surface area contributed by atoms with Crippen LogP contribution in [0.3, 0.4) is 0 Å². The average Bonchev–Trinajstić information content (AvgIpc) is 2.70. The van der Waals surface area contributed by atoms with Crippen LogP contribution in [0.5, 0.6) is 0 Å². The van der Waals surface area contributed by atoms with Crippen LogP contribution in [0.4, 0.5) is 9.18 Å². The first-order valence-corrected chi connectivity index (χ1v) is 10.00. The lowest BCUT2D eigenvalue weighted by Crippen LogP contribution is -2.53. The zero-order valence-electron chi connectivity index (χ0n) is 17.6. The fourth-order valence-corrected chi connectivity index (χ4v) is 2.80. The van der Waals surface area contributed by atoms with Crippen molar-refractivity contribution in [3.63, 3.8) is 0 Å². The molecule has 2 N–H and O–H groups in total. The monoisotopic (exact) mass is 416 g/mol. The molecule has 0 bridgehead atoms. The van der Waals surface area contributed by atoms with Gasteiger partial charge < -0.3 is 20.1 Å². The number of hydrogen-bond acceptors (Lipinski definition) is 4. The second-order valence-electron chi connectivity index (χ2n) is 7.25.